The van der Waals surface area contributed by atoms with Gasteiger partial charge in [0.1, 0.15) is 0 Å². The normalized spacial score (nSPS) is 22.9. The van der Waals surface area contributed by atoms with Crippen LogP contribution in [0.25, 0.3) is 0 Å². The van der Waals surface area contributed by atoms with Crippen molar-refractivity contribution in [1.82, 2.24) is 10.6 Å². The minimum absolute atomic E-state index is 0.510. The highest BCUT2D eigenvalue weighted by atomic mass is 15.0. The predicted octanol–water partition coefficient (Wildman–Crippen LogP) is 2.09. The predicted molar refractivity (Wildman–Crippen MR) is 63.9 cm³/mol. The largest absolute Gasteiger partial charge is 0.315 e. The van der Waals surface area contributed by atoms with Crippen LogP contribution >= 0.6 is 0 Å². The molecule has 1 aromatic rings. The van der Waals surface area contributed by atoms with Crippen LogP contribution in [-0.4, -0.2) is 19.1 Å². The van der Waals surface area contributed by atoms with Crippen LogP contribution < -0.4 is 10.6 Å². The molecule has 1 saturated heterocycles. The van der Waals surface area contributed by atoms with Gasteiger partial charge in [0, 0.05) is 18.6 Å². The first-order chi connectivity index (χ1) is 7.40. The lowest BCUT2D eigenvalue weighted by Gasteiger charge is -2.21. The van der Waals surface area contributed by atoms with Gasteiger partial charge < -0.3 is 10.6 Å². The molecule has 1 aliphatic rings. The second-order valence-corrected chi connectivity index (χ2v) is 4.23. The van der Waals surface area contributed by atoms with E-state index in [-0.39, 0.29) is 0 Å². The zero-order chi connectivity index (χ0) is 10.5. The van der Waals surface area contributed by atoms with Crippen molar-refractivity contribution in [1.29, 1.82) is 0 Å². The maximum Gasteiger partial charge on any atom is 0.0320 e. The summed E-state index contributed by atoms with van der Waals surface area (Å²) in [5.41, 5.74) is 1.41. The van der Waals surface area contributed by atoms with Gasteiger partial charge in [0.25, 0.3) is 0 Å². The molecule has 0 aromatic heterocycles. The summed E-state index contributed by atoms with van der Waals surface area (Å²) in [6, 6.07) is 11.9. The minimum Gasteiger partial charge on any atom is -0.315 e. The van der Waals surface area contributed by atoms with Gasteiger partial charge in [0.2, 0.25) is 0 Å². The fourth-order valence-corrected chi connectivity index (χ4v) is 2.22. The lowest BCUT2D eigenvalue weighted by Crippen LogP contribution is -2.34. The van der Waals surface area contributed by atoms with Crippen LogP contribution in [-0.2, 0) is 0 Å². The summed E-state index contributed by atoms with van der Waals surface area (Å²) in [4.78, 5) is 0. The molecule has 1 fully saturated rings. The molecule has 1 heterocycles. The highest BCUT2D eigenvalue weighted by molar-refractivity contribution is 5.18. The maximum atomic E-state index is 3.72. The molecule has 1 aromatic carbocycles. The van der Waals surface area contributed by atoms with E-state index in [1.807, 2.05) is 0 Å². The molecule has 2 unspecified atom stereocenters. The lowest BCUT2D eigenvalue weighted by molar-refractivity contribution is 0.444. The fourth-order valence-electron chi connectivity index (χ4n) is 2.22. The minimum atomic E-state index is 0.510. The summed E-state index contributed by atoms with van der Waals surface area (Å²) in [6.45, 7) is 4.51. The van der Waals surface area contributed by atoms with Crippen LogP contribution in [0.2, 0.25) is 0 Å². The van der Waals surface area contributed by atoms with Gasteiger partial charge >= 0.3 is 0 Å². The number of hydrogen-bond acceptors (Lipinski definition) is 2. The fraction of sp³-hybridized carbons (Fsp3) is 0.538. The quantitative estimate of drug-likeness (QED) is 0.784. The Morgan fingerprint density at radius 2 is 2.20 bits per heavy atom. The van der Waals surface area contributed by atoms with E-state index in [1.165, 1.54) is 12.0 Å². The Balaban J connectivity index is 1.97. The Morgan fingerprint density at radius 1 is 1.40 bits per heavy atom. The van der Waals surface area contributed by atoms with Crippen molar-refractivity contribution < 1.29 is 0 Å². The Bertz CT molecular complexity index is 278. The molecule has 1 aliphatic heterocycles. The van der Waals surface area contributed by atoms with Gasteiger partial charge in [0.05, 0.1) is 0 Å². The summed E-state index contributed by atoms with van der Waals surface area (Å²) in [6.07, 6.45) is 2.41. The molecular formula is C13H20N2. The van der Waals surface area contributed by atoms with E-state index in [4.69, 9.17) is 0 Å². The highest BCUT2D eigenvalue weighted by Crippen LogP contribution is 2.17. The number of hydrogen-bond donors (Lipinski definition) is 2. The van der Waals surface area contributed by atoms with E-state index in [0.29, 0.717) is 12.1 Å². The summed E-state index contributed by atoms with van der Waals surface area (Å²) in [5, 5.41) is 7.11. The van der Waals surface area contributed by atoms with Crippen molar-refractivity contribution >= 4 is 0 Å². The third-order valence-corrected chi connectivity index (χ3v) is 3.11. The Labute approximate surface area is 92.1 Å². The van der Waals surface area contributed by atoms with Gasteiger partial charge in [0.15, 0.2) is 0 Å². The maximum absolute atomic E-state index is 3.72. The molecule has 2 N–H and O–H groups in total. The van der Waals surface area contributed by atoms with Crippen LogP contribution in [0.15, 0.2) is 30.3 Å². The van der Waals surface area contributed by atoms with Crippen molar-refractivity contribution in [2.45, 2.75) is 31.8 Å². The zero-order valence-electron chi connectivity index (χ0n) is 9.37. The average Bonchev–Trinajstić information content (AvgIpc) is 2.80. The molecule has 0 radical (unpaired) electrons. The van der Waals surface area contributed by atoms with Crippen LogP contribution in [0.5, 0.6) is 0 Å². The molecule has 0 amide bonds. The standard InChI is InChI=1S/C13H20N2/c1-2-13(11-6-4-3-5-7-11)15-12-8-9-14-10-12/h3-7,12-15H,2,8-10H2,1H3. The van der Waals surface area contributed by atoms with Crippen molar-refractivity contribution in [2.75, 3.05) is 13.1 Å². The lowest BCUT2D eigenvalue weighted by atomic mass is 10.0. The van der Waals surface area contributed by atoms with Crippen molar-refractivity contribution in [3.8, 4) is 0 Å². The van der Waals surface area contributed by atoms with Crippen molar-refractivity contribution in [2.24, 2.45) is 0 Å². The smallest absolute Gasteiger partial charge is 0.0320 e. The van der Waals surface area contributed by atoms with E-state index >= 15 is 0 Å². The average molecular weight is 204 g/mol. The van der Waals surface area contributed by atoms with Gasteiger partial charge in [-0.25, -0.2) is 0 Å². The Morgan fingerprint density at radius 3 is 2.80 bits per heavy atom. The van der Waals surface area contributed by atoms with Crippen LogP contribution in [0.1, 0.15) is 31.4 Å². The second kappa shape index (κ2) is 5.29. The third-order valence-electron chi connectivity index (χ3n) is 3.11. The van der Waals surface area contributed by atoms with E-state index in [1.54, 1.807) is 0 Å². The monoisotopic (exact) mass is 204 g/mol. The van der Waals surface area contributed by atoms with Gasteiger partial charge in [-0.15, -0.1) is 0 Å². The molecule has 2 heteroatoms. The zero-order valence-corrected chi connectivity index (χ0v) is 9.37. The van der Waals surface area contributed by atoms with Crippen LogP contribution in [0.4, 0.5) is 0 Å². The summed E-state index contributed by atoms with van der Waals surface area (Å²) < 4.78 is 0. The van der Waals surface area contributed by atoms with Crippen molar-refractivity contribution in [3.63, 3.8) is 0 Å². The first-order valence-electron chi connectivity index (χ1n) is 5.92. The molecule has 82 valence electrons. The second-order valence-electron chi connectivity index (χ2n) is 4.23. The molecule has 0 bridgehead atoms. The van der Waals surface area contributed by atoms with E-state index in [9.17, 15) is 0 Å². The number of nitrogens with one attached hydrogen (secondary N) is 2. The van der Waals surface area contributed by atoms with E-state index < -0.39 is 0 Å². The van der Waals surface area contributed by atoms with E-state index in [0.717, 1.165) is 19.5 Å². The Kier molecular flexibility index (Phi) is 3.75. The molecule has 2 atom stereocenters. The van der Waals surface area contributed by atoms with Crippen molar-refractivity contribution in [3.05, 3.63) is 35.9 Å². The molecule has 0 spiro atoms. The van der Waals surface area contributed by atoms with Gasteiger partial charge in [-0.1, -0.05) is 37.3 Å². The molecule has 2 nitrogen and oxygen atoms in total. The first kappa shape index (κ1) is 10.7. The summed E-state index contributed by atoms with van der Waals surface area (Å²) in [7, 11) is 0. The highest BCUT2D eigenvalue weighted by Gasteiger charge is 2.18. The molecule has 2 rings (SSSR count). The van der Waals surface area contributed by atoms with Gasteiger partial charge in [-0.3, -0.25) is 0 Å². The third kappa shape index (κ3) is 2.80. The van der Waals surface area contributed by atoms with Crippen LogP contribution in [0.3, 0.4) is 0 Å². The first-order valence-corrected chi connectivity index (χ1v) is 5.92. The molecule has 15 heavy (non-hydrogen) atoms. The van der Waals surface area contributed by atoms with Gasteiger partial charge in [-0.05, 0) is 24.9 Å². The topological polar surface area (TPSA) is 24.1 Å². The SMILES string of the molecule is CCC(NC1CCNC1)c1ccccc1. The number of benzene rings is 1. The molecule has 0 saturated carbocycles. The van der Waals surface area contributed by atoms with Crippen LogP contribution in [0, 0.1) is 0 Å². The number of rotatable bonds is 4. The van der Waals surface area contributed by atoms with Gasteiger partial charge in [-0.2, -0.15) is 0 Å². The molecule has 0 aliphatic carbocycles. The Hall–Kier alpha value is -0.860. The summed E-state index contributed by atoms with van der Waals surface area (Å²) in [5.74, 6) is 0. The molecular weight excluding hydrogens is 184 g/mol. The van der Waals surface area contributed by atoms with E-state index in [2.05, 4.69) is 47.9 Å². The summed E-state index contributed by atoms with van der Waals surface area (Å²) >= 11 is 0.